The van der Waals surface area contributed by atoms with Gasteiger partial charge < -0.3 is 18.3 Å². The second-order valence-corrected chi connectivity index (χ2v) is 11.8. The number of hydrogen-bond acceptors (Lipinski definition) is 4. The van der Waals surface area contributed by atoms with Crippen molar-refractivity contribution < 1.29 is 44.5 Å². The molecule has 2 aliphatic carbocycles. The average Bonchev–Trinajstić information content (AvgIpc) is 3.23. The third kappa shape index (κ3) is 6.33. The standard InChI is InChI=1S/C23H38Cl2O4Si2.Zr/c1-13(28-30)22(5,6)26-19-15(9-11-17(19)24)21(3,4)16-10-12-18(25)20(16)27-23(7,8)14(2)29-31;/h9-10,13-14H,11-12H2,1-8,30-31H3;. The van der Waals surface area contributed by atoms with E-state index in [1.54, 1.807) is 0 Å². The molecule has 0 aliphatic heterocycles. The third-order valence-corrected chi connectivity index (χ3v) is 8.76. The summed E-state index contributed by atoms with van der Waals surface area (Å²) in [5.74, 6) is 1.47. The van der Waals surface area contributed by atoms with Crippen LogP contribution in [-0.4, -0.2) is 44.4 Å². The first-order valence-corrected chi connectivity index (χ1v) is 13.2. The molecule has 2 atom stereocenters. The molecule has 0 saturated carbocycles. The smallest absolute Gasteiger partial charge is 0.146 e. The second kappa shape index (κ2) is 11.4. The molecule has 0 bridgehead atoms. The fraction of sp³-hybridized carbons (Fsp3) is 0.652. The number of allylic oxidation sites excluding steroid dienone is 6. The molecule has 0 aromatic heterocycles. The molecule has 0 amide bonds. The monoisotopic (exact) mass is 594 g/mol. The molecule has 180 valence electrons. The van der Waals surface area contributed by atoms with Gasteiger partial charge in [-0.05, 0) is 41.5 Å². The first kappa shape index (κ1) is 30.4. The molecule has 0 N–H and O–H groups in total. The number of hydrogen-bond donors (Lipinski definition) is 0. The minimum Gasteiger partial charge on any atom is -0.484 e. The molecule has 9 heteroatoms. The van der Waals surface area contributed by atoms with Crippen molar-refractivity contribution in [3.63, 3.8) is 0 Å². The zero-order valence-electron chi connectivity index (χ0n) is 21.1. The third-order valence-electron chi connectivity index (χ3n) is 6.69. The maximum absolute atomic E-state index is 6.64. The van der Waals surface area contributed by atoms with Gasteiger partial charge in [-0.2, -0.15) is 0 Å². The zero-order chi connectivity index (χ0) is 23.8. The molecule has 0 heterocycles. The van der Waals surface area contributed by atoms with Crippen molar-refractivity contribution in [3.05, 3.63) is 44.9 Å². The van der Waals surface area contributed by atoms with Crippen molar-refractivity contribution in [2.24, 2.45) is 5.41 Å². The maximum Gasteiger partial charge on any atom is 0.146 e. The van der Waals surface area contributed by atoms with Gasteiger partial charge in [-0.25, -0.2) is 0 Å². The van der Waals surface area contributed by atoms with Gasteiger partial charge in [0.1, 0.15) is 43.7 Å². The normalized spacial score (nSPS) is 19.7. The minimum absolute atomic E-state index is 0. The van der Waals surface area contributed by atoms with Crippen LogP contribution in [0.15, 0.2) is 44.9 Å². The summed E-state index contributed by atoms with van der Waals surface area (Å²) in [4.78, 5) is 0. The van der Waals surface area contributed by atoms with Crippen molar-refractivity contribution in [1.82, 2.24) is 0 Å². The molecule has 0 fully saturated rings. The molecule has 0 spiro atoms. The quantitative estimate of drug-likeness (QED) is 0.348. The van der Waals surface area contributed by atoms with E-state index in [4.69, 9.17) is 41.5 Å². The van der Waals surface area contributed by atoms with Gasteiger partial charge in [0.05, 0.1) is 22.3 Å². The van der Waals surface area contributed by atoms with Gasteiger partial charge in [0, 0.05) is 55.6 Å². The molecule has 2 rings (SSSR count). The Balaban J connectivity index is 0.00000512. The van der Waals surface area contributed by atoms with Gasteiger partial charge in [-0.15, -0.1) is 0 Å². The van der Waals surface area contributed by atoms with E-state index in [0.29, 0.717) is 43.9 Å². The fourth-order valence-electron chi connectivity index (χ4n) is 3.75. The van der Waals surface area contributed by atoms with Crippen molar-refractivity contribution in [2.45, 2.75) is 91.6 Å². The number of ether oxygens (including phenoxy) is 2. The SMILES string of the molecule is CC(O[SiH3])C(C)(C)OC1=C(Cl)CC=C1C(C)(C)C1=CCC(Cl)=C1OC(C)(C)C(C)O[SiH3].[Zr]. The molecule has 2 aliphatic rings. The van der Waals surface area contributed by atoms with Gasteiger partial charge in [-0.3, -0.25) is 0 Å². The Morgan fingerprint density at radius 1 is 0.750 bits per heavy atom. The van der Waals surface area contributed by atoms with Crippen molar-refractivity contribution in [3.8, 4) is 0 Å². The van der Waals surface area contributed by atoms with E-state index in [9.17, 15) is 0 Å². The maximum atomic E-state index is 6.64. The summed E-state index contributed by atoms with van der Waals surface area (Å²) in [7, 11) is 1.30. The molecule has 0 aromatic rings. The summed E-state index contributed by atoms with van der Waals surface area (Å²) in [6.45, 7) is 16.5. The van der Waals surface area contributed by atoms with Crippen LogP contribution < -0.4 is 0 Å². The van der Waals surface area contributed by atoms with Crippen LogP contribution in [0.25, 0.3) is 0 Å². The Labute approximate surface area is 229 Å². The first-order valence-electron chi connectivity index (χ1n) is 10.8. The molecular formula is C23H38Cl2O4Si2Zr. The van der Waals surface area contributed by atoms with Gasteiger partial charge in [-0.1, -0.05) is 49.2 Å². The Morgan fingerprint density at radius 3 is 1.34 bits per heavy atom. The fourth-order valence-corrected chi connectivity index (χ4v) is 5.32. The number of rotatable bonds is 10. The van der Waals surface area contributed by atoms with Crippen molar-refractivity contribution in [1.29, 1.82) is 0 Å². The van der Waals surface area contributed by atoms with Gasteiger partial charge in [0.15, 0.2) is 0 Å². The molecule has 0 aromatic carbocycles. The van der Waals surface area contributed by atoms with Gasteiger partial charge >= 0.3 is 0 Å². The van der Waals surface area contributed by atoms with E-state index in [0.717, 1.165) is 22.7 Å². The van der Waals surface area contributed by atoms with E-state index in [-0.39, 0.29) is 38.4 Å². The predicted octanol–water partition coefficient (Wildman–Crippen LogP) is 4.53. The largest absolute Gasteiger partial charge is 0.484 e. The Kier molecular flexibility index (Phi) is 10.8. The molecule has 32 heavy (non-hydrogen) atoms. The van der Waals surface area contributed by atoms with Gasteiger partial charge in [0.2, 0.25) is 0 Å². The summed E-state index contributed by atoms with van der Waals surface area (Å²) >= 11 is 13.3. The van der Waals surface area contributed by atoms with E-state index in [1.807, 2.05) is 41.5 Å². The van der Waals surface area contributed by atoms with Crippen LogP contribution in [-0.2, 0) is 44.5 Å². The first-order chi connectivity index (χ1) is 14.2. The minimum atomic E-state index is -0.507. The van der Waals surface area contributed by atoms with E-state index >= 15 is 0 Å². The average molecular weight is 597 g/mol. The second-order valence-electron chi connectivity index (χ2n) is 9.90. The van der Waals surface area contributed by atoms with Crippen LogP contribution in [0, 0.1) is 5.41 Å². The van der Waals surface area contributed by atoms with E-state index in [2.05, 4.69) is 26.0 Å². The summed E-state index contributed by atoms with van der Waals surface area (Å²) in [5, 5.41) is 1.43. The van der Waals surface area contributed by atoms with Crippen LogP contribution in [0.5, 0.6) is 0 Å². The van der Waals surface area contributed by atoms with Crippen LogP contribution in [0.3, 0.4) is 0 Å². The van der Waals surface area contributed by atoms with Crippen molar-refractivity contribution >= 4 is 44.2 Å². The predicted molar refractivity (Wildman–Crippen MR) is 136 cm³/mol. The molecule has 4 nitrogen and oxygen atoms in total. The Hall–Kier alpha value is 0.377. The van der Waals surface area contributed by atoms with Crippen LogP contribution >= 0.6 is 23.2 Å². The van der Waals surface area contributed by atoms with Crippen LogP contribution in [0.4, 0.5) is 0 Å². The Bertz CT molecular complexity index is 766. The summed E-state index contributed by atoms with van der Waals surface area (Å²) in [6, 6.07) is 0. The molecule has 0 saturated heterocycles. The van der Waals surface area contributed by atoms with Crippen molar-refractivity contribution in [2.75, 3.05) is 0 Å². The molecular weight excluding hydrogens is 559 g/mol. The molecule has 0 radical (unpaired) electrons. The topological polar surface area (TPSA) is 36.9 Å². The summed E-state index contributed by atoms with van der Waals surface area (Å²) in [5.41, 5.74) is 0.686. The molecule has 2 unspecified atom stereocenters. The number of halogens is 2. The van der Waals surface area contributed by atoms with Crippen LogP contribution in [0.1, 0.15) is 68.2 Å². The summed E-state index contributed by atoms with van der Waals surface area (Å²) in [6.07, 6.45) is 5.53. The summed E-state index contributed by atoms with van der Waals surface area (Å²) < 4.78 is 24.3. The van der Waals surface area contributed by atoms with Gasteiger partial charge in [0.25, 0.3) is 0 Å². The Morgan fingerprint density at radius 2 is 1.06 bits per heavy atom. The van der Waals surface area contributed by atoms with E-state index < -0.39 is 16.6 Å². The zero-order valence-corrected chi connectivity index (χ0v) is 29.1. The van der Waals surface area contributed by atoms with Crippen LogP contribution in [0.2, 0.25) is 0 Å². The van der Waals surface area contributed by atoms with E-state index in [1.165, 1.54) is 0 Å².